The van der Waals surface area contributed by atoms with E-state index in [4.69, 9.17) is 16.3 Å². The Balaban J connectivity index is 2.34. The molecule has 3 rings (SSSR count). The van der Waals surface area contributed by atoms with Crippen LogP contribution in [0.1, 0.15) is 16.7 Å². The zero-order valence-electron chi connectivity index (χ0n) is 12.3. The summed E-state index contributed by atoms with van der Waals surface area (Å²) >= 11 is 6.20. The minimum atomic E-state index is 0.452. The number of methoxy groups -OCH3 is 1. The smallest absolute Gasteiger partial charge is 0.189 e. The average Bonchev–Trinajstić information content (AvgIpc) is 2.88. The molecule has 0 aliphatic rings. The van der Waals surface area contributed by atoms with Gasteiger partial charge in [-0.1, -0.05) is 23.2 Å². The first kappa shape index (κ1) is 13.8. The van der Waals surface area contributed by atoms with Crippen molar-refractivity contribution in [2.75, 3.05) is 7.11 Å². The number of ether oxygens (including phenoxy) is 1. The van der Waals surface area contributed by atoms with Crippen LogP contribution in [0.25, 0.3) is 17.0 Å². The van der Waals surface area contributed by atoms with Crippen LogP contribution in [-0.4, -0.2) is 26.9 Å². The summed E-state index contributed by atoms with van der Waals surface area (Å²) in [6, 6.07) is 5.90. The monoisotopic (exact) mass is 302 g/mol. The number of rotatable bonds is 2. The molecule has 0 aliphatic carbocycles. The summed E-state index contributed by atoms with van der Waals surface area (Å²) in [6.07, 6.45) is 0. The summed E-state index contributed by atoms with van der Waals surface area (Å²) in [5, 5.41) is 13.3. The van der Waals surface area contributed by atoms with E-state index in [1.165, 1.54) is 0 Å². The van der Waals surface area contributed by atoms with Crippen LogP contribution in [-0.2, 0) is 0 Å². The SMILES string of the molecule is COc1ccc(C)cc1-c1nnc2c(C)c(C)c(Cl)nn12. The van der Waals surface area contributed by atoms with Gasteiger partial charge < -0.3 is 4.74 Å². The van der Waals surface area contributed by atoms with Crippen LogP contribution >= 0.6 is 11.6 Å². The van der Waals surface area contributed by atoms with Gasteiger partial charge in [0.2, 0.25) is 0 Å². The first-order valence-electron chi connectivity index (χ1n) is 6.56. The molecule has 0 amide bonds. The maximum Gasteiger partial charge on any atom is 0.189 e. The maximum absolute atomic E-state index is 6.20. The predicted octanol–water partition coefficient (Wildman–Crippen LogP) is 3.38. The minimum Gasteiger partial charge on any atom is -0.496 e. The molecule has 0 atom stereocenters. The number of aryl methyl sites for hydroxylation is 2. The molecular weight excluding hydrogens is 288 g/mol. The van der Waals surface area contributed by atoms with E-state index in [-0.39, 0.29) is 0 Å². The summed E-state index contributed by atoms with van der Waals surface area (Å²) in [5.41, 5.74) is 4.55. The molecule has 2 aromatic heterocycles. The van der Waals surface area contributed by atoms with Gasteiger partial charge in [0.25, 0.3) is 0 Å². The Kier molecular flexibility index (Phi) is 3.29. The van der Waals surface area contributed by atoms with E-state index in [1.807, 2.05) is 39.0 Å². The van der Waals surface area contributed by atoms with E-state index >= 15 is 0 Å². The zero-order valence-corrected chi connectivity index (χ0v) is 13.1. The van der Waals surface area contributed by atoms with Crippen molar-refractivity contribution in [2.24, 2.45) is 0 Å². The first-order valence-corrected chi connectivity index (χ1v) is 6.94. The predicted molar refractivity (Wildman–Crippen MR) is 82.0 cm³/mol. The van der Waals surface area contributed by atoms with Crippen molar-refractivity contribution < 1.29 is 4.74 Å². The minimum absolute atomic E-state index is 0.452. The Morgan fingerprint density at radius 2 is 1.86 bits per heavy atom. The van der Waals surface area contributed by atoms with E-state index in [0.717, 1.165) is 28.0 Å². The van der Waals surface area contributed by atoms with Gasteiger partial charge in [-0.3, -0.25) is 0 Å². The van der Waals surface area contributed by atoms with Crippen molar-refractivity contribution in [1.82, 2.24) is 19.8 Å². The summed E-state index contributed by atoms with van der Waals surface area (Å²) in [6.45, 7) is 5.90. The lowest BCUT2D eigenvalue weighted by Gasteiger charge is -2.09. The molecule has 0 N–H and O–H groups in total. The van der Waals surface area contributed by atoms with E-state index in [1.54, 1.807) is 11.6 Å². The van der Waals surface area contributed by atoms with Gasteiger partial charge in [-0.25, -0.2) is 0 Å². The highest BCUT2D eigenvalue weighted by atomic mass is 35.5. The number of nitrogens with zero attached hydrogens (tertiary/aromatic N) is 4. The molecule has 0 aliphatic heterocycles. The maximum atomic E-state index is 6.20. The summed E-state index contributed by atoms with van der Waals surface area (Å²) in [7, 11) is 1.63. The molecule has 0 fully saturated rings. The van der Waals surface area contributed by atoms with Gasteiger partial charge in [0.15, 0.2) is 16.6 Å². The Morgan fingerprint density at radius 1 is 1.10 bits per heavy atom. The van der Waals surface area contributed by atoms with Crippen LogP contribution in [0.15, 0.2) is 18.2 Å². The molecule has 21 heavy (non-hydrogen) atoms. The lowest BCUT2D eigenvalue weighted by atomic mass is 10.1. The Morgan fingerprint density at radius 3 is 2.57 bits per heavy atom. The molecule has 0 radical (unpaired) electrons. The van der Waals surface area contributed by atoms with E-state index in [2.05, 4.69) is 15.3 Å². The molecule has 0 unspecified atom stereocenters. The van der Waals surface area contributed by atoms with Crippen LogP contribution < -0.4 is 4.74 Å². The molecular formula is C15H15ClN4O. The molecule has 6 heteroatoms. The Bertz CT molecular complexity index is 841. The fourth-order valence-electron chi connectivity index (χ4n) is 2.26. The third-order valence-corrected chi connectivity index (χ3v) is 3.99. The average molecular weight is 303 g/mol. The van der Waals surface area contributed by atoms with Crippen molar-refractivity contribution in [3.8, 4) is 17.1 Å². The van der Waals surface area contributed by atoms with Crippen LogP contribution in [0.4, 0.5) is 0 Å². The molecule has 0 bridgehead atoms. The van der Waals surface area contributed by atoms with Crippen molar-refractivity contribution in [2.45, 2.75) is 20.8 Å². The second-order valence-corrected chi connectivity index (χ2v) is 5.36. The number of hydrogen-bond donors (Lipinski definition) is 0. The molecule has 2 heterocycles. The zero-order chi connectivity index (χ0) is 15.1. The van der Waals surface area contributed by atoms with Gasteiger partial charge in [-0.2, -0.15) is 9.61 Å². The fraction of sp³-hybridized carbons (Fsp3) is 0.267. The highest BCUT2D eigenvalue weighted by Crippen LogP contribution is 2.31. The first-order chi connectivity index (χ1) is 10.0. The van der Waals surface area contributed by atoms with Gasteiger partial charge in [0.1, 0.15) is 5.75 Å². The fourth-order valence-corrected chi connectivity index (χ4v) is 2.48. The van der Waals surface area contributed by atoms with Gasteiger partial charge >= 0.3 is 0 Å². The van der Waals surface area contributed by atoms with E-state index in [9.17, 15) is 0 Å². The topological polar surface area (TPSA) is 52.3 Å². The third-order valence-electron chi connectivity index (χ3n) is 3.63. The van der Waals surface area contributed by atoms with Crippen molar-refractivity contribution in [3.63, 3.8) is 0 Å². The second-order valence-electron chi connectivity index (χ2n) is 5.00. The molecule has 3 aromatic rings. The lowest BCUT2D eigenvalue weighted by Crippen LogP contribution is -2.01. The number of halogens is 1. The second kappa shape index (κ2) is 5.00. The molecule has 0 saturated heterocycles. The molecule has 1 aromatic carbocycles. The van der Waals surface area contributed by atoms with Gasteiger partial charge in [0, 0.05) is 5.56 Å². The van der Waals surface area contributed by atoms with Crippen LogP contribution in [0.5, 0.6) is 5.75 Å². The van der Waals surface area contributed by atoms with Gasteiger partial charge in [-0.05, 0) is 38.5 Å². The largest absolute Gasteiger partial charge is 0.496 e. The Hall–Kier alpha value is -2.14. The number of hydrogen-bond acceptors (Lipinski definition) is 4. The summed E-state index contributed by atoms with van der Waals surface area (Å²) < 4.78 is 7.08. The number of aromatic nitrogens is 4. The van der Waals surface area contributed by atoms with Crippen LogP contribution in [0, 0.1) is 20.8 Å². The lowest BCUT2D eigenvalue weighted by molar-refractivity contribution is 0.416. The molecule has 0 saturated carbocycles. The third kappa shape index (κ3) is 2.14. The van der Waals surface area contributed by atoms with Crippen LogP contribution in [0.2, 0.25) is 5.15 Å². The van der Waals surface area contributed by atoms with E-state index in [0.29, 0.717) is 16.6 Å². The number of benzene rings is 1. The van der Waals surface area contributed by atoms with Crippen molar-refractivity contribution in [1.29, 1.82) is 0 Å². The van der Waals surface area contributed by atoms with Crippen molar-refractivity contribution >= 4 is 17.2 Å². The van der Waals surface area contributed by atoms with Gasteiger partial charge in [0.05, 0.1) is 12.7 Å². The summed E-state index contributed by atoms with van der Waals surface area (Å²) in [5.74, 6) is 1.35. The standard InChI is InChI=1S/C15H15ClN4O/c1-8-5-6-12(21-4)11(7-8)15-18-17-14-10(3)9(2)13(16)19-20(14)15/h5-7H,1-4H3. The quantitative estimate of drug-likeness (QED) is 0.728. The highest BCUT2D eigenvalue weighted by Gasteiger charge is 2.17. The van der Waals surface area contributed by atoms with Crippen molar-refractivity contribution in [3.05, 3.63) is 40.0 Å². The summed E-state index contributed by atoms with van der Waals surface area (Å²) in [4.78, 5) is 0. The molecule has 5 nitrogen and oxygen atoms in total. The molecule has 108 valence electrons. The normalized spacial score (nSPS) is 11.1. The molecule has 0 spiro atoms. The highest BCUT2D eigenvalue weighted by molar-refractivity contribution is 6.30. The Labute approximate surface area is 127 Å². The number of fused-ring (bicyclic) bond motifs is 1. The van der Waals surface area contributed by atoms with Gasteiger partial charge in [-0.15, -0.1) is 10.2 Å². The van der Waals surface area contributed by atoms with Crippen LogP contribution in [0.3, 0.4) is 0 Å². The van der Waals surface area contributed by atoms with E-state index < -0.39 is 0 Å².